The number of unbranched alkanes of at least 4 members (excludes halogenated alkanes) is 1. The molecular formula is C6H9F5S. The summed E-state index contributed by atoms with van der Waals surface area (Å²) in [6.07, 6.45) is -6.44. The Bertz CT molecular complexity index is 130. The van der Waals surface area contributed by atoms with E-state index in [4.69, 9.17) is 0 Å². The summed E-state index contributed by atoms with van der Waals surface area (Å²) in [4.78, 5) is 0. The standard InChI is InChI=1S/C6H9F5S/c7-5(8,6(9,10)11)3-1-2-4-12/h12H,1-4H2. The highest BCUT2D eigenvalue weighted by molar-refractivity contribution is 7.80. The van der Waals surface area contributed by atoms with Gasteiger partial charge in [-0.2, -0.15) is 34.6 Å². The zero-order valence-electron chi connectivity index (χ0n) is 6.17. The molecular weight excluding hydrogens is 199 g/mol. The molecule has 0 aromatic heterocycles. The number of hydrogen-bond acceptors (Lipinski definition) is 1. The predicted octanol–water partition coefficient (Wildman–Crippen LogP) is 3.28. The van der Waals surface area contributed by atoms with Crippen LogP contribution >= 0.6 is 12.6 Å². The molecule has 74 valence electrons. The van der Waals surface area contributed by atoms with Crippen molar-refractivity contribution in [3.63, 3.8) is 0 Å². The van der Waals surface area contributed by atoms with Crippen LogP contribution in [-0.2, 0) is 0 Å². The van der Waals surface area contributed by atoms with E-state index in [1.54, 1.807) is 0 Å². The summed E-state index contributed by atoms with van der Waals surface area (Å²) in [5, 5.41) is 0. The van der Waals surface area contributed by atoms with Crippen molar-refractivity contribution in [2.24, 2.45) is 0 Å². The zero-order chi connectivity index (χ0) is 9.83. The monoisotopic (exact) mass is 208 g/mol. The van der Waals surface area contributed by atoms with Gasteiger partial charge in [-0.25, -0.2) is 0 Å². The van der Waals surface area contributed by atoms with Gasteiger partial charge in [0.15, 0.2) is 0 Å². The van der Waals surface area contributed by atoms with Gasteiger partial charge in [0.1, 0.15) is 0 Å². The molecule has 0 aromatic rings. The van der Waals surface area contributed by atoms with Crippen LogP contribution in [-0.4, -0.2) is 17.9 Å². The fourth-order valence-corrected chi connectivity index (χ4v) is 0.824. The third kappa shape index (κ3) is 3.60. The number of hydrogen-bond donors (Lipinski definition) is 1. The van der Waals surface area contributed by atoms with Crippen molar-refractivity contribution < 1.29 is 22.0 Å². The van der Waals surface area contributed by atoms with Crippen molar-refractivity contribution in [1.82, 2.24) is 0 Å². The van der Waals surface area contributed by atoms with E-state index in [-0.39, 0.29) is 12.8 Å². The third-order valence-electron chi connectivity index (χ3n) is 1.31. The van der Waals surface area contributed by atoms with E-state index < -0.39 is 18.5 Å². The van der Waals surface area contributed by atoms with Gasteiger partial charge >= 0.3 is 12.1 Å². The number of alkyl halides is 5. The number of thiol groups is 1. The quantitative estimate of drug-likeness (QED) is 0.409. The highest BCUT2D eigenvalue weighted by Crippen LogP contribution is 2.38. The maximum atomic E-state index is 12.1. The molecule has 0 amide bonds. The van der Waals surface area contributed by atoms with E-state index in [1.807, 2.05) is 0 Å². The molecule has 0 aromatic carbocycles. The largest absolute Gasteiger partial charge is 0.453 e. The predicted molar refractivity (Wildman–Crippen MR) is 38.7 cm³/mol. The van der Waals surface area contributed by atoms with Crippen molar-refractivity contribution in [2.45, 2.75) is 31.4 Å². The van der Waals surface area contributed by atoms with E-state index in [0.29, 0.717) is 5.75 Å². The van der Waals surface area contributed by atoms with Gasteiger partial charge in [0.25, 0.3) is 0 Å². The van der Waals surface area contributed by atoms with E-state index in [1.165, 1.54) is 0 Å². The topological polar surface area (TPSA) is 0 Å². The Hall–Kier alpha value is -0.0000000000000000555. The molecule has 0 N–H and O–H groups in total. The Balaban J connectivity index is 3.88. The minimum absolute atomic E-state index is 0.157. The second-order valence-corrected chi connectivity index (χ2v) is 2.83. The first-order valence-corrected chi connectivity index (χ1v) is 4.00. The van der Waals surface area contributed by atoms with Crippen LogP contribution in [0.4, 0.5) is 22.0 Å². The lowest BCUT2D eigenvalue weighted by Crippen LogP contribution is -2.36. The molecule has 0 radical (unpaired) electrons. The van der Waals surface area contributed by atoms with Crippen molar-refractivity contribution >= 4 is 12.6 Å². The van der Waals surface area contributed by atoms with Gasteiger partial charge in [-0.15, -0.1) is 0 Å². The van der Waals surface area contributed by atoms with Gasteiger partial charge in [-0.1, -0.05) is 0 Å². The van der Waals surface area contributed by atoms with Crippen molar-refractivity contribution in [2.75, 3.05) is 5.75 Å². The van der Waals surface area contributed by atoms with E-state index in [0.717, 1.165) is 0 Å². The van der Waals surface area contributed by atoms with Crippen LogP contribution < -0.4 is 0 Å². The molecule has 0 saturated carbocycles. The molecule has 0 spiro atoms. The second-order valence-electron chi connectivity index (χ2n) is 2.38. The Morgan fingerprint density at radius 2 is 1.42 bits per heavy atom. The maximum absolute atomic E-state index is 12.1. The second kappa shape index (κ2) is 4.30. The fraction of sp³-hybridized carbons (Fsp3) is 1.00. The number of halogens is 5. The van der Waals surface area contributed by atoms with Crippen LogP contribution in [0.15, 0.2) is 0 Å². The van der Waals surface area contributed by atoms with E-state index in [2.05, 4.69) is 12.6 Å². The minimum Gasteiger partial charge on any atom is -0.196 e. The number of rotatable bonds is 4. The van der Waals surface area contributed by atoms with Crippen LogP contribution in [0.5, 0.6) is 0 Å². The lowest BCUT2D eigenvalue weighted by Gasteiger charge is -2.18. The first-order chi connectivity index (χ1) is 5.31. The summed E-state index contributed by atoms with van der Waals surface area (Å²) in [6, 6.07) is 0. The van der Waals surface area contributed by atoms with Gasteiger partial charge in [0.05, 0.1) is 0 Å². The van der Waals surface area contributed by atoms with Gasteiger partial charge < -0.3 is 0 Å². The van der Waals surface area contributed by atoms with E-state index >= 15 is 0 Å². The molecule has 12 heavy (non-hydrogen) atoms. The molecule has 0 fully saturated rings. The third-order valence-corrected chi connectivity index (χ3v) is 1.63. The van der Waals surface area contributed by atoms with Gasteiger partial charge in [-0.05, 0) is 18.6 Å². The first kappa shape index (κ1) is 12.0. The molecule has 0 bridgehead atoms. The van der Waals surface area contributed by atoms with Crippen molar-refractivity contribution in [3.05, 3.63) is 0 Å². The van der Waals surface area contributed by atoms with Crippen LogP contribution in [0.25, 0.3) is 0 Å². The molecule has 0 rings (SSSR count). The molecule has 0 heterocycles. The summed E-state index contributed by atoms with van der Waals surface area (Å²) in [7, 11) is 0. The maximum Gasteiger partial charge on any atom is 0.453 e. The zero-order valence-corrected chi connectivity index (χ0v) is 7.06. The molecule has 6 heteroatoms. The van der Waals surface area contributed by atoms with Crippen molar-refractivity contribution in [3.8, 4) is 0 Å². The molecule has 0 aliphatic rings. The summed E-state index contributed by atoms with van der Waals surface area (Å²) < 4.78 is 58.7. The van der Waals surface area contributed by atoms with Gasteiger partial charge in [0.2, 0.25) is 0 Å². The normalized spacial score (nSPS) is 13.5. The van der Waals surface area contributed by atoms with Crippen LogP contribution in [0.3, 0.4) is 0 Å². The molecule has 0 aliphatic carbocycles. The summed E-state index contributed by atoms with van der Waals surface area (Å²) in [5.41, 5.74) is 0. The molecule has 0 nitrogen and oxygen atoms in total. The minimum atomic E-state index is -5.41. The lowest BCUT2D eigenvalue weighted by molar-refractivity contribution is -0.284. The highest BCUT2D eigenvalue weighted by atomic mass is 32.1. The summed E-state index contributed by atoms with van der Waals surface area (Å²) >= 11 is 3.70. The molecule has 0 saturated heterocycles. The van der Waals surface area contributed by atoms with E-state index in [9.17, 15) is 22.0 Å². The Morgan fingerprint density at radius 1 is 0.917 bits per heavy atom. The average molecular weight is 208 g/mol. The summed E-state index contributed by atoms with van der Waals surface area (Å²) in [5.74, 6) is -4.22. The fourth-order valence-electron chi connectivity index (χ4n) is 0.601. The van der Waals surface area contributed by atoms with Crippen LogP contribution in [0, 0.1) is 0 Å². The Labute approximate surface area is 72.5 Å². The van der Waals surface area contributed by atoms with Gasteiger partial charge in [-0.3, -0.25) is 0 Å². The SMILES string of the molecule is FC(F)(F)C(F)(F)CCCCS. The average Bonchev–Trinajstić information content (AvgIpc) is 1.85. The Kier molecular flexibility index (Phi) is 4.30. The highest BCUT2D eigenvalue weighted by Gasteiger charge is 2.56. The van der Waals surface area contributed by atoms with Gasteiger partial charge in [0, 0.05) is 6.42 Å². The first-order valence-electron chi connectivity index (χ1n) is 3.36. The van der Waals surface area contributed by atoms with Crippen LogP contribution in [0.2, 0.25) is 0 Å². The molecule has 0 unspecified atom stereocenters. The Morgan fingerprint density at radius 3 is 1.75 bits per heavy atom. The van der Waals surface area contributed by atoms with Crippen molar-refractivity contribution in [1.29, 1.82) is 0 Å². The van der Waals surface area contributed by atoms with Crippen LogP contribution in [0.1, 0.15) is 19.3 Å². The summed E-state index contributed by atoms with van der Waals surface area (Å²) in [6.45, 7) is 0. The lowest BCUT2D eigenvalue weighted by atomic mass is 10.1. The smallest absolute Gasteiger partial charge is 0.196 e. The molecule has 0 atom stereocenters. The molecule has 0 aliphatic heterocycles.